The topological polar surface area (TPSA) is 66.8 Å². The number of methoxy groups -OCH3 is 1. The fraction of sp³-hybridized carbons (Fsp3) is 0.556. The van der Waals surface area contributed by atoms with Gasteiger partial charge >= 0.3 is 5.97 Å². The van der Waals surface area contributed by atoms with E-state index in [-0.39, 0.29) is 11.8 Å². The second kappa shape index (κ2) is 6.71. The van der Waals surface area contributed by atoms with Crippen LogP contribution in [0.4, 0.5) is 0 Å². The number of carbonyl (C=O) groups is 2. The number of benzene rings is 1. The van der Waals surface area contributed by atoms with Gasteiger partial charge in [-0.05, 0) is 36.7 Å². The molecule has 0 spiro atoms. The number of carboxylic acid groups (broad SMARTS) is 1. The van der Waals surface area contributed by atoms with E-state index >= 15 is 0 Å². The Kier molecular flexibility index (Phi) is 4.66. The maximum absolute atomic E-state index is 12.7. The number of hydrogen-bond donors (Lipinski definition) is 1. The molecular weight excluding hydrogens is 294 g/mol. The molecule has 124 valence electrons. The molecule has 1 N–H and O–H groups in total. The third-order valence-corrected chi connectivity index (χ3v) is 5.18. The van der Waals surface area contributed by atoms with Gasteiger partial charge in [0, 0.05) is 20.2 Å². The van der Waals surface area contributed by atoms with Gasteiger partial charge in [-0.1, -0.05) is 30.3 Å². The lowest BCUT2D eigenvalue weighted by atomic mass is 9.90. The first-order valence-electron chi connectivity index (χ1n) is 8.21. The van der Waals surface area contributed by atoms with E-state index in [1.807, 2.05) is 35.2 Å². The molecule has 2 fully saturated rings. The first-order valence-corrected chi connectivity index (χ1v) is 8.21. The van der Waals surface area contributed by atoms with E-state index in [4.69, 9.17) is 9.84 Å². The van der Waals surface area contributed by atoms with Crippen molar-refractivity contribution < 1.29 is 19.4 Å². The molecule has 1 saturated carbocycles. The smallest absolute Gasteiger partial charge is 0.306 e. The third kappa shape index (κ3) is 3.39. The molecule has 3 atom stereocenters. The molecule has 5 heteroatoms. The maximum atomic E-state index is 12.7. The molecule has 1 saturated heterocycles. The Morgan fingerprint density at radius 1 is 1.22 bits per heavy atom. The summed E-state index contributed by atoms with van der Waals surface area (Å²) in [5, 5.41) is 9.04. The number of carbonyl (C=O) groups excluding carboxylic acids is 1. The molecule has 1 amide bonds. The van der Waals surface area contributed by atoms with Gasteiger partial charge < -0.3 is 14.7 Å². The van der Waals surface area contributed by atoms with E-state index in [9.17, 15) is 9.59 Å². The zero-order valence-electron chi connectivity index (χ0n) is 13.4. The van der Waals surface area contributed by atoms with Gasteiger partial charge in [0.15, 0.2) is 6.10 Å². The van der Waals surface area contributed by atoms with Crippen LogP contribution < -0.4 is 0 Å². The van der Waals surface area contributed by atoms with Crippen molar-refractivity contribution in [1.82, 2.24) is 4.90 Å². The highest BCUT2D eigenvalue weighted by Crippen LogP contribution is 2.48. The predicted octanol–water partition coefficient (Wildman–Crippen LogP) is 2.33. The number of amides is 1. The number of aliphatic carboxylic acids is 1. The zero-order chi connectivity index (χ0) is 16.4. The van der Waals surface area contributed by atoms with Crippen LogP contribution in [0.15, 0.2) is 30.3 Å². The highest BCUT2D eigenvalue weighted by Gasteiger charge is 2.48. The monoisotopic (exact) mass is 317 g/mol. The predicted molar refractivity (Wildman–Crippen MR) is 84.7 cm³/mol. The summed E-state index contributed by atoms with van der Waals surface area (Å²) >= 11 is 0. The van der Waals surface area contributed by atoms with Gasteiger partial charge in [-0.25, -0.2) is 0 Å². The molecule has 1 heterocycles. The second-order valence-electron chi connectivity index (χ2n) is 6.53. The van der Waals surface area contributed by atoms with Crippen LogP contribution in [0.2, 0.25) is 0 Å². The standard InChI is InChI=1S/C18H23NO4/c1-23-16(13-5-3-2-4-6-13)17(20)19-9-7-12(8-10-19)14-11-15(14)18(21)22/h2-6,12,14-16H,7-11H2,1H3,(H,21,22)/t14-,15+,16?/m0/s1. The summed E-state index contributed by atoms with van der Waals surface area (Å²) in [7, 11) is 1.56. The number of rotatable bonds is 5. The number of nitrogens with zero attached hydrogens (tertiary/aromatic N) is 1. The summed E-state index contributed by atoms with van der Waals surface area (Å²) in [6.07, 6.45) is 2.04. The average Bonchev–Trinajstić information content (AvgIpc) is 3.37. The summed E-state index contributed by atoms with van der Waals surface area (Å²) in [4.78, 5) is 25.5. The van der Waals surface area contributed by atoms with Crippen molar-refractivity contribution >= 4 is 11.9 Å². The van der Waals surface area contributed by atoms with E-state index in [1.165, 1.54) is 0 Å². The number of ether oxygens (including phenoxy) is 1. The fourth-order valence-electron chi connectivity index (χ4n) is 3.74. The van der Waals surface area contributed by atoms with Gasteiger partial charge in [0.25, 0.3) is 5.91 Å². The number of piperidine rings is 1. The molecule has 1 aromatic carbocycles. The van der Waals surface area contributed by atoms with E-state index in [0.29, 0.717) is 24.9 Å². The van der Waals surface area contributed by atoms with Crippen molar-refractivity contribution in [3.05, 3.63) is 35.9 Å². The molecule has 0 aromatic heterocycles. The second-order valence-corrected chi connectivity index (χ2v) is 6.53. The van der Waals surface area contributed by atoms with Crippen LogP contribution in [0.1, 0.15) is 30.9 Å². The molecule has 5 nitrogen and oxygen atoms in total. The summed E-state index contributed by atoms with van der Waals surface area (Å²) in [6, 6.07) is 9.53. The molecule has 2 aliphatic rings. The van der Waals surface area contributed by atoms with Crippen molar-refractivity contribution in [2.75, 3.05) is 20.2 Å². The van der Waals surface area contributed by atoms with Crippen LogP contribution in [0.3, 0.4) is 0 Å². The van der Waals surface area contributed by atoms with Crippen molar-refractivity contribution in [3.8, 4) is 0 Å². The normalized spacial score (nSPS) is 25.9. The molecule has 0 bridgehead atoms. The quantitative estimate of drug-likeness (QED) is 0.905. The first-order chi connectivity index (χ1) is 11.1. The molecular formula is C18H23NO4. The number of hydrogen-bond acceptors (Lipinski definition) is 3. The van der Waals surface area contributed by atoms with Gasteiger partial charge in [-0.15, -0.1) is 0 Å². The SMILES string of the molecule is COC(C(=O)N1CCC([C@@H]2C[C@H]2C(=O)O)CC1)c1ccccc1. The Morgan fingerprint density at radius 3 is 2.39 bits per heavy atom. The lowest BCUT2D eigenvalue weighted by molar-refractivity contribution is -0.144. The summed E-state index contributed by atoms with van der Waals surface area (Å²) in [6.45, 7) is 1.39. The molecule has 1 aliphatic carbocycles. The summed E-state index contributed by atoms with van der Waals surface area (Å²) < 4.78 is 5.42. The molecule has 1 aromatic rings. The lowest BCUT2D eigenvalue weighted by Gasteiger charge is -2.34. The minimum atomic E-state index is -0.669. The van der Waals surface area contributed by atoms with Gasteiger partial charge in [-0.2, -0.15) is 0 Å². The first kappa shape index (κ1) is 16.0. The third-order valence-electron chi connectivity index (χ3n) is 5.18. The van der Waals surface area contributed by atoms with Crippen LogP contribution >= 0.6 is 0 Å². The molecule has 0 radical (unpaired) electrons. The van der Waals surface area contributed by atoms with Crippen molar-refractivity contribution in [3.63, 3.8) is 0 Å². The maximum Gasteiger partial charge on any atom is 0.306 e. The lowest BCUT2D eigenvalue weighted by Crippen LogP contribution is -2.42. The zero-order valence-corrected chi connectivity index (χ0v) is 13.4. The highest BCUT2D eigenvalue weighted by molar-refractivity contribution is 5.82. The Bertz CT molecular complexity index is 566. The van der Waals surface area contributed by atoms with E-state index in [0.717, 1.165) is 24.8 Å². The van der Waals surface area contributed by atoms with Gasteiger partial charge in [-0.3, -0.25) is 9.59 Å². The Labute approximate surface area is 136 Å². The van der Waals surface area contributed by atoms with Crippen molar-refractivity contribution in [2.24, 2.45) is 17.8 Å². The Morgan fingerprint density at radius 2 is 1.87 bits per heavy atom. The number of likely N-dealkylation sites (tertiary alicyclic amines) is 1. The average molecular weight is 317 g/mol. The minimum absolute atomic E-state index is 0.00253. The van der Waals surface area contributed by atoms with Gasteiger partial charge in [0.1, 0.15) is 0 Å². The van der Waals surface area contributed by atoms with Gasteiger partial charge in [0.05, 0.1) is 5.92 Å². The van der Waals surface area contributed by atoms with Crippen molar-refractivity contribution in [2.45, 2.75) is 25.4 Å². The van der Waals surface area contributed by atoms with Crippen molar-refractivity contribution in [1.29, 1.82) is 0 Å². The largest absolute Gasteiger partial charge is 0.481 e. The van der Waals surface area contributed by atoms with Crippen LogP contribution in [0, 0.1) is 17.8 Å². The van der Waals surface area contributed by atoms with Crippen LogP contribution in [0.5, 0.6) is 0 Å². The van der Waals surface area contributed by atoms with Crippen LogP contribution in [0.25, 0.3) is 0 Å². The van der Waals surface area contributed by atoms with E-state index < -0.39 is 12.1 Å². The van der Waals surface area contributed by atoms with Crippen LogP contribution in [-0.2, 0) is 14.3 Å². The number of carboxylic acids is 1. The summed E-state index contributed by atoms with van der Waals surface area (Å²) in [5.41, 5.74) is 0.871. The molecule has 1 unspecified atom stereocenters. The molecule has 3 rings (SSSR count). The Hall–Kier alpha value is -1.88. The van der Waals surface area contributed by atoms with Crippen LogP contribution in [-0.4, -0.2) is 42.1 Å². The van der Waals surface area contributed by atoms with Gasteiger partial charge in [0.2, 0.25) is 0 Å². The van der Waals surface area contributed by atoms with E-state index in [1.54, 1.807) is 7.11 Å². The minimum Gasteiger partial charge on any atom is -0.481 e. The van der Waals surface area contributed by atoms with E-state index in [2.05, 4.69) is 0 Å². The highest BCUT2D eigenvalue weighted by atomic mass is 16.5. The molecule has 1 aliphatic heterocycles. The Balaban J connectivity index is 1.57. The molecule has 23 heavy (non-hydrogen) atoms. The fourth-order valence-corrected chi connectivity index (χ4v) is 3.74. The summed E-state index contributed by atoms with van der Waals surface area (Å²) in [5.74, 6) is -0.0620.